The first-order valence-electron chi connectivity index (χ1n) is 5.79. The van der Waals surface area contributed by atoms with Gasteiger partial charge in [-0.2, -0.15) is 9.40 Å². The molecule has 1 aliphatic rings. The molecule has 2 aromatic rings. The molecule has 0 N–H and O–H groups in total. The highest BCUT2D eigenvalue weighted by molar-refractivity contribution is 7.89. The molecule has 0 spiro atoms. The highest BCUT2D eigenvalue weighted by atomic mass is 35.5. The summed E-state index contributed by atoms with van der Waals surface area (Å²) in [5.74, 6) is 0.584. The van der Waals surface area contributed by atoms with Crippen LogP contribution >= 0.6 is 11.6 Å². The second kappa shape index (κ2) is 4.39. The van der Waals surface area contributed by atoms with Gasteiger partial charge in [0.25, 0.3) is 0 Å². The van der Waals surface area contributed by atoms with Gasteiger partial charge in [-0.15, -0.1) is 0 Å². The summed E-state index contributed by atoms with van der Waals surface area (Å²) in [5, 5.41) is 5.02. The molecular weight excluding hydrogens is 290 g/mol. The molecule has 9 heteroatoms. The number of halogens is 1. The number of fused-ring (bicyclic) bond motifs is 1. The van der Waals surface area contributed by atoms with E-state index < -0.39 is 10.0 Å². The third-order valence-corrected chi connectivity index (χ3v) is 5.30. The minimum Gasteiger partial charge on any atom is -0.250 e. The summed E-state index contributed by atoms with van der Waals surface area (Å²) >= 11 is 6.06. The Hall–Kier alpha value is -1.25. The first-order chi connectivity index (χ1) is 8.97. The average molecular weight is 302 g/mol. The number of hydrogen-bond donors (Lipinski definition) is 0. The average Bonchev–Trinajstić information content (AvgIpc) is 2.85. The number of nitrogens with zero attached hydrogens (tertiary/aromatic N) is 5. The van der Waals surface area contributed by atoms with Crippen LogP contribution in [0.2, 0.25) is 5.15 Å². The minimum atomic E-state index is -3.16. The molecule has 2 aromatic heterocycles. The van der Waals surface area contributed by atoms with E-state index in [0.717, 1.165) is 0 Å². The Morgan fingerprint density at radius 1 is 1.42 bits per heavy atom. The lowest BCUT2D eigenvalue weighted by molar-refractivity contribution is 0.429. The van der Waals surface area contributed by atoms with Gasteiger partial charge in [-0.25, -0.2) is 18.4 Å². The zero-order valence-electron chi connectivity index (χ0n) is 10.2. The summed E-state index contributed by atoms with van der Waals surface area (Å²) in [6, 6.07) is 0. The van der Waals surface area contributed by atoms with Gasteiger partial charge in [0, 0.05) is 13.6 Å². The lowest BCUT2D eigenvalue weighted by Crippen LogP contribution is -2.26. The predicted molar refractivity (Wildman–Crippen MR) is 70.1 cm³/mol. The minimum absolute atomic E-state index is 0.156. The summed E-state index contributed by atoms with van der Waals surface area (Å²) in [6.07, 6.45) is 2.23. The second-order valence-corrected chi connectivity index (χ2v) is 6.89. The molecule has 0 bridgehead atoms. The lowest BCUT2D eigenvalue weighted by Gasteiger charge is -2.13. The highest BCUT2D eigenvalue weighted by Crippen LogP contribution is 2.21. The maximum absolute atomic E-state index is 11.8. The van der Waals surface area contributed by atoms with Crippen molar-refractivity contribution in [1.82, 2.24) is 24.1 Å². The van der Waals surface area contributed by atoms with E-state index in [4.69, 9.17) is 11.6 Å². The molecule has 7 nitrogen and oxygen atoms in total. The molecule has 3 heterocycles. The molecule has 0 unspecified atom stereocenters. The molecule has 3 rings (SSSR count). The van der Waals surface area contributed by atoms with Crippen molar-refractivity contribution in [3.05, 3.63) is 17.2 Å². The Morgan fingerprint density at radius 3 is 2.89 bits per heavy atom. The van der Waals surface area contributed by atoms with Crippen molar-refractivity contribution in [3.8, 4) is 0 Å². The fourth-order valence-electron chi connectivity index (χ4n) is 2.13. The van der Waals surface area contributed by atoms with E-state index in [1.54, 1.807) is 17.9 Å². The van der Waals surface area contributed by atoms with Crippen LogP contribution in [0.4, 0.5) is 0 Å². The van der Waals surface area contributed by atoms with Gasteiger partial charge in [-0.1, -0.05) is 11.6 Å². The Kier molecular flexibility index (Phi) is 2.95. The molecule has 0 aliphatic carbocycles. The van der Waals surface area contributed by atoms with Crippen LogP contribution in [0.5, 0.6) is 0 Å². The molecule has 19 heavy (non-hydrogen) atoms. The van der Waals surface area contributed by atoms with Crippen LogP contribution in [-0.2, 0) is 23.6 Å². The fourth-order valence-corrected chi connectivity index (χ4v) is 3.83. The third kappa shape index (κ3) is 2.19. The summed E-state index contributed by atoms with van der Waals surface area (Å²) in [7, 11) is -1.41. The van der Waals surface area contributed by atoms with Crippen molar-refractivity contribution in [2.24, 2.45) is 7.05 Å². The number of sulfonamides is 1. The Balaban J connectivity index is 1.99. The summed E-state index contributed by atoms with van der Waals surface area (Å²) < 4.78 is 26.5. The topological polar surface area (TPSA) is 81.0 Å². The van der Waals surface area contributed by atoms with Crippen molar-refractivity contribution in [2.45, 2.75) is 13.0 Å². The van der Waals surface area contributed by atoms with Gasteiger partial charge >= 0.3 is 0 Å². The van der Waals surface area contributed by atoms with Crippen LogP contribution in [0.25, 0.3) is 11.0 Å². The number of aromatic nitrogens is 4. The van der Waals surface area contributed by atoms with E-state index in [9.17, 15) is 8.42 Å². The standard InChI is InChI=1S/C10H12ClN5O2S/c1-15-10-7(5-12-15)9(11)13-8(14-10)6-16-3-2-4-19(16,17)18/h5H,2-4,6H2,1H3. The maximum atomic E-state index is 11.8. The van der Waals surface area contributed by atoms with Crippen LogP contribution in [0.15, 0.2) is 6.20 Å². The van der Waals surface area contributed by atoms with Crippen LogP contribution in [0, 0.1) is 0 Å². The molecule has 1 saturated heterocycles. The van der Waals surface area contributed by atoms with Crippen LogP contribution in [0.1, 0.15) is 12.2 Å². The zero-order chi connectivity index (χ0) is 13.6. The van der Waals surface area contributed by atoms with E-state index in [2.05, 4.69) is 15.1 Å². The van der Waals surface area contributed by atoms with Crippen molar-refractivity contribution >= 4 is 32.7 Å². The van der Waals surface area contributed by atoms with Gasteiger partial charge in [0.1, 0.15) is 11.0 Å². The van der Waals surface area contributed by atoms with E-state index in [1.165, 1.54) is 4.31 Å². The SMILES string of the molecule is Cn1ncc2c(Cl)nc(CN3CCCS3(=O)=O)nc21. The first kappa shape index (κ1) is 12.8. The highest BCUT2D eigenvalue weighted by Gasteiger charge is 2.29. The second-order valence-electron chi connectivity index (χ2n) is 4.44. The molecule has 1 aliphatic heterocycles. The predicted octanol–water partition coefficient (Wildman–Crippen LogP) is 0.552. The van der Waals surface area contributed by atoms with Gasteiger partial charge in [-0.05, 0) is 6.42 Å². The van der Waals surface area contributed by atoms with Crippen molar-refractivity contribution in [1.29, 1.82) is 0 Å². The van der Waals surface area contributed by atoms with E-state index >= 15 is 0 Å². The van der Waals surface area contributed by atoms with Crippen molar-refractivity contribution in [2.75, 3.05) is 12.3 Å². The number of hydrogen-bond acceptors (Lipinski definition) is 5. The molecule has 0 aromatic carbocycles. The summed E-state index contributed by atoms with van der Waals surface area (Å²) in [6.45, 7) is 0.663. The van der Waals surface area contributed by atoms with Crippen LogP contribution < -0.4 is 0 Å². The Bertz CT molecular complexity index is 742. The Labute approximate surface area is 115 Å². The van der Waals surface area contributed by atoms with E-state index in [1.807, 2.05) is 0 Å². The summed E-state index contributed by atoms with van der Waals surface area (Å²) in [4.78, 5) is 8.46. The normalized spacial score (nSPS) is 19.3. The monoisotopic (exact) mass is 301 g/mol. The van der Waals surface area contributed by atoms with Crippen molar-refractivity contribution < 1.29 is 8.42 Å². The number of rotatable bonds is 2. The molecular formula is C10H12ClN5O2S. The van der Waals surface area contributed by atoms with Crippen LogP contribution in [-0.4, -0.2) is 44.8 Å². The van der Waals surface area contributed by atoms with Gasteiger partial charge in [0.2, 0.25) is 10.0 Å². The lowest BCUT2D eigenvalue weighted by atomic mass is 10.4. The number of aryl methyl sites for hydroxylation is 1. The smallest absolute Gasteiger partial charge is 0.214 e. The van der Waals surface area contributed by atoms with Gasteiger partial charge in [0.05, 0.1) is 23.9 Å². The molecule has 102 valence electrons. The van der Waals surface area contributed by atoms with Gasteiger partial charge in [0.15, 0.2) is 5.65 Å². The molecule has 1 fully saturated rings. The largest absolute Gasteiger partial charge is 0.250 e. The fraction of sp³-hybridized carbons (Fsp3) is 0.500. The summed E-state index contributed by atoms with van der Waals surface area (Å²) in [5.41, 5.74) is 0.603. The molecule has 0 atom stereocenters. The molecule has 0 radical (unpaired) electrons. The van der Waals surface area contributed by atoms with Gasteiger partial charge < -0.3 is 0 Å². The molecule has 0 saturated carbocycles. The van der Waals surface area contributed by atoms with Crippen molar-refractivity contribution in [3.63, 3.8) is 0 Å². The molecule has 0 amide bonds. The van der Waals surface area contributed by atoms with E-state index in [0.29, 0.717) is 35.0 Å². The van der Waals surface area contributed by atoms with Crippen LogP contribution in [0.3, 0.4) is 0 Å². The first-order valence-corrected chi connectivity index (χ1v) is 7.78. The zero-order valence-corrected chi connectivity index (χ0v) is 11.8. The maximum Gasteiger partial charge on any atom is 0.214 e. The third-order valence-electron chi connectivity index (χ3n) is 3.11. The Morgan fingerprint density at radius 2 is 2.21 bits per heavy atom. The quantitative estimate of drug-likeness (QED) is 0.757. The van der Waals surface area contributed by atoms with Gasteiger partial charge in [-0.3, -0.25) is 4.68 Å². The van der Waals surface area contributed by atoms with E-state index in [-0.39, 0.29) is 12.3 Å².